The molecule has 9 heteroatoms. The fourth-order valence-corrected chi connectivity index (χ4v) is 15.4. The molecule has 6 aliphatic rings. The molecule has 0 aromatic rings. The molecule has 290 valence electrons. The zero-order chi connectivity index (χ0) is 37.4. The third-order valence-electron chi connectivity index (χ3n) is 16.9. The Kier molecular flexibility index (Phi) is 10.3. The van der Waals surface area contributed by atoms with Crippen LogP contribution < -0.4 is 5.32 Å². The Hall–Kier alpha value is -1.45. The first kappa shape index (κ1) is 39.2. The van der Waals surface area contributed by atoms with Crippen molar-refractivity contribution in [1.82, 2.24) is 10.2 Å². The Morgan fingerprint density at radius 2 is 1.57 bits per heavy atom. The predicted molar refractivity (Wildman–Crippen MR) is 203 cm³/mol. The van der Waals surface area contributed by atoms with Gasteiger partial charge in [0.2, 0.25) is 0 Å². The van der Waals surface area contributed by atoms with Crippen LogP contribution >= 0.6 is 0 Å². The summed E-state index contributed by atoms with van der Waals surface area (Å²) in [4.78, 5) is 26.9. The van der Waals surface area contributed by atoms with Crippen LogP contribution in [0, 0.1) is 56.7 Å². The van der Waals surface area contributed by atoms with Crippen LogP contribution in [-0.2, 0) is 24.2 Å². The Morgan fingerprint density at radius 1 is 0.882 bits per heavy atom. The molecule has 10 atom stereocenters. The molecule has 6 rings (SSSR count). The van der Waals surface area contributed by atoms with Crippen LogP contribution in [0.1, 0.15) is 132 Å². The minimum atomic E-state index is -2.87. The van der Waals surface area contributed by atoms with Crippen molar-refractivity contribution in [3.63, 3.8) is 0 Å². The number of carboxylic acids is 1. The van der Waals surface area contributed by atoms with Crippen molar-refractivity contribution in [2.75, 3.05) is 37.7 Å². The van der Waals surface area contributed by atoms with Crippen molar-refractivity contribution in [3.8, 4) is 0 Å². The van der Waals surface area contributed by atoms with Crippen molar-refractivity contribution in [1.29, 1.82) is 0 Å². The van der Waals surface area contributed by atoms with Gasteiger partial charge in [-0.25, -0.2) is 8.42 Å². The summed E-state index contributed by atoms with van der Waals surface area (Å²) in [6.45, 7) is 26.3. The molecule has 8 nitrogen and oxygen atoms in total. The predicted octanol–water partition coefficient (Wildman–Crippen LogP) is 7.52. The number of allylic oxidation sites excluding steroid dienone is 1. The molecule has 1 heterocycles. The van der Waals surface area contributed by atoms with Gasteiger partial charge in [-0.1, -0.05) is 60.6 Å². The molecule has 5 saturated carbocycles. The molecule has 1 saturated heterocycles. The Morgan fingerprint density at radius 3 is 2.22 bits per heavy atom. The van der Waals surface area contributed by atoms with Gasteiger partial charge in [0.15, 0.2) is 9.84 Å². The van der Waals surface area contributed by atoms with Gasteiger partial charge in [0.25, 0.3) is 0 Å². The van der Waals surface area contributed by atoms with Crippen molar-refractivity contribution >= 4 is 21.8 Å². The second-order valence-corrected chi connectivity index (χ2v) is 22.8. The maximum atomic E-state index is 13.2. The number of aliphatic carboxylic acids is 1. The fraction of sp³-hybridized carbons (Fsp3) is 0.905. The molecule has 51 heavy (non-hydrogen) atoms. The molecule has 10 unspecified atom stereocenters. The highest BCUT2D eigenvalue weighted by Crippen LogP contribution is 2.76. The Bertz CT molecular complexity index is 1480. The van der Waals surface area contributed by atoms with Gasteiger partial charge in [0.05, 0.1) is 24.3 Å². The van der Waals surface area contributed by atoms with Crippen LogP contribution in [0.3, 0.4) is 0 Å². The van der Waals surface area contributed by atoms with Crippen molar-refractivity contribution in [2.45, 2.75) is 144 Å². The maximum Gasteiger partial charge on any atom is 0.306 e. The minimum Gasteiger partial charge on any atom is -0.481 e. The second-order valence-electron chi connectivity index (χ2n) is 20.5. The lowest BCUT2D eigenvalue weighted by atomic mass is 9.32. The van der Waals surface area contributed by atoms with Crippen molar-refractivity contribution in [3.05, 3.63) is 12.2 Å². The Balaban J connectivity index is 1.19. The van der Waals surface area contributed by atoms with Gasteiger partial charge in [0.1, 0.15) is 6.10 Å². The van der Waals surface area contributed by atoms with E-state index >= 15 is 0 Å². The highest BCUT2D eigenvalue weighted by Gasteiger charge is 2.71. The number of hydrogen-bond donors (Lipinski definition) is 2. The van der Waals surface area contributed by atoms with E-state index in [-0.39, 0.29) is 63.6 Å². The van der Waals surface area contributed by atoms with E-state index < -0.39 is 21.2 Å². The normalized spacial score (nSPS) is 43.2. The monoisotopic (exact) mass is 730 g/mol. The number of carboxylic acid groups (broad SMARTS) is 1. The standard InChI is InChI=1S/C42H70N2O6S/c1-28(2)29-12-17-42(43-20-21-44-22-24-51(48,49)25-23-44)19-18-40(8)30(36(29)42)10-11-32-39(7)15-14-33(38(5,6)31(39)13-16-41(32,40)9)50-35(47)27-37(3,4)26-34(45)46/h29-33,36,43H,1,10-27H2,2-9H3,(H,45,46). The van der Waals surface area contributed by atoms with E-state index in [2.05, 4.69) is 58.3 Å². The number of nitrogens with one attached hydrogen (secondary N) is 1. The van der Waals surface area contributed by atoms with Gasteiger partial charge in [0, 0.05) is 37.1 Å². The molecule has 0 amide bonds. The zero-order valence-electron chi connectivity index (χ0n) is 33.2. The summed E-state index contributed by atoms with van der Waals surface area (Å²) in [5.41, 5.74) is 1.33. The van der Waals surface area contributed by atoms with Crippen molar-refractivity contribution in [2.24, 2.45) is 56.7 Å². The van der Waals surface area contributed by atoms with E-state index in [0.717, 1.165) is 32.4 Å². The van der Waals surface area contributed by atoms with Crippen LogP contribution in [0.15, 0.2) is 12.2 Å². The van der Waals surface area contributed by atoms with E-state index in [1.807, 2.05) is 13.8 Å². The van der Waals surface area contributed by atoms with E-state index in [1.165, 1.54) is 50.5 Å². The third kappa shape index (κ3) is 6.78. The summed E-state index contributed by atoms with van der Waals surface area (Å²) in [6, 6.07) is 0. The number of esters is 1. The number of carbonyl (C=O) groups is 2. The molecule has 0 aromatic carbocycles. The van der Waals surface area contributed by atoms with Crippen LogP contribution in [0.2, 0.25) is 0 Å². The maximum absolute atomic E-state index is 13.2. The van der Waals surface area contributed by atoms with Crippen LogP contribution in [0.4, 0.5) is 0 Å². The van der Waals surface area contributed by atoms with Crippen LogP contribution in [0.25, 0.3) is 0 Å². The number of rotatable bonds is 10. The molecule has 0 radical (unpaired) electrons. The molecule has 0 bridgehead atoms. The summed E-state index contributed by atoms with van der Waals surface area (Å²) >= 11 is 0. The molecular weight excluding hydrogens is 661 g/mol. The van der Waals surface area contributed by atoms with E-state index in [1.54, 1.807) is 0 Å². The highest BCUT2D eigenvalue weighted by atomic mass is 32.2. The molecule has 2 N–H and O–H groups in total. The minimum absolute atomic E-state index is 0.0467. The van der Waals surface area contributed by atoms with E-state index in [9.17, 15) is 23.1 Å². The lowest BCUT2D eigenvalue weighted by Crippen LogP contribution is -2.69. The van der Waals surface area contributed by atoms with Crippen LogP contribution in [-0.4, -0.2) is 79.7 Å². The number of carbonyl (C=O) groups excluding carboxylic acids is 1. The molecule has 1 aliphatic heterocycles. The van der Waals surface area contributed by atoms with Gasteiger partial charge in [-0.05, 0) is 122 Å². The van der Waals surface area contributed by atoms with Gasteiger partial charge in [-0.15, -0.1) is 0 Å². The second kappa shape index (κ2) is 13.4. The number of fused-ring (bicyclic) bond motifs is 7. The number of ether oxygens (including phenoxy) is 1. The average molecular weight is 731 g/mol. The molecule has 6 fully saturated rings. The molecule has 0 spiro atoms. The quantitative estimate of drug-likeness (QED) is 0.175. The number of nitrogens with zero attached hydrogens (tertiary/aromatic N) is 1. The van der Waals surface area contributed by atoms with E-state index in [4.69, 9.17) is 4.74 Å². The summed E-state index contributed by atoms with van der Waals surface area (Å²) in [7, 11) is -2.87. The molecule has 0 aromatic heterocycles. The Labute approximate surface area is 309 Å². The highest BCUT2D eigenvalue weighted by molar-refractivity contribution is 7.91. The zero-order valence-corrected chi connectivity index (χ0v) is 34.1. The lowest BCUT2D eigenvalue weighted by molar-refractivity contribution is -0.246. The topological polar surface area (TPSA) is 113 Å². The SMILES string of the molecule is C=C(C)C1CCC2(NCCN3CCS(=O)(=O)CC3)CCC3(C)C(CCC4C5(C)CCC(OC(=O)CC(C)(C)CC(=O)O)C(C)(C)C5CCC43C)C12. The summed E-state index contributed by atoms with van der Waals surface area (Å²) in [6.07, 6.45) is 11.6. The van der Waals surface area contributed by atoms with E-state index in [0.29, 0.717) is 42.7 Å². The van der Waals surface area contributed by atoms with Crippen molar-refractivity contribution < 1.29 is 27.9 Å². The van der Waals surface area contributed by atoms with Gasteiger partial charge < -0.3 is 20.1 Å². The first-order valence-corrected chi connectivity index (χ1v) is 22.2. The first-order chi connectivity index (χ1) is 23.6. The molecular formula is C42H70N2O6S. The number of sulfone groups is 1. The number of hydrogen-bond acceptors (Lipinski definition) is 7. The smallest absolute Gasteiger partial charge is 0.306 e. The van der Waals surface area contributed by atoms with Gasteiger partial charge >= 0.3 is 11.9 Å². The fourth-order valence-electron chi connectivity index (χ4n) is 14.1. The molecule has 5 aliphatic carbocycles. The largest absolute Gasteiger partial charge is 0.481 e. The summed E-state index contributed by atoms with van der Waals surface area (Å²) < 4.78 is 30.3. The summed E-state index contributed by atoms with van der Waals surface area (Å²) in [5.74, 6) is 2.28. The summed E-state index contributed by atoms with van der Waals surface area (Å²) in [5, 5.41) is 13.5. The van der Waals surface area contributed by atoms with Gasteiger partial charge in [-0.2, -0.15) is 0 Å². The van der Waals surface area contributed by atoms with Gasteiger partial charge in [-0.3, -0.25) is 9.59 Å². The third-order valence-corrected chi connectivity index (χ3v) is 18.5. The average Bonchev–Trinajstić information content (AvgIpc) is 3.39. The lowest BCUT2D eigenvalue weighted by Gasteiger charge is -2.73. The van der Waals surface area contributed by atoms with Crippen LogP contribution in [0.5, 0.6) is 0 Å². The first-order valence-electron chi connectivity index (χ1n) is 20.3.